The lowest BCUT2D eigenvalue weighted by Gasteiger charge is -2.12. The van der Waals surface area contributed by atoms with Gasteiger partial charge in [-0.05, 0) is 60.4 Å². The lowest BCUT2D eigenvalue weighted by molar-refractivity contribution is 0.241. The first-order valence-corrected chi connectivity index (χ1v) is 9.85. The minimum Gasteiger partial charge on any atom is -0.496 e. The van der Waals surface area contributed by atoms with Crippen LogP contribution in [0.1, 0.15) is 23.7 Å². The van der Waals surface area contributed by atoms with E-state index < -0.39 is 0 Å². The average Bonchev–Trinajstić information content (AvgIpc) is 2.73. The number of hydrogen-bond donors (Lipinski definition) is 2. The number of nitrogens with zero attached hydrogens (tertiary/aromatic N) is 1. The second kappa shape index (κ2) is 9.94. The van der Waals surface area contributed by atoms with Crippen molar-refractivity contribution in [2.24, 2.45) is 0 Å². The fraction of sp³-hybridized carbons (Fsp3) is 0.217. The van der Waals surface area contributed by atoms with Crippen LogP contribution in [-0.2, 0) is 13.0 Å². The van der Waals surface area contributed by atoms with Gasteiger partial charge in [0.1, 0.15) is 5.75 Å². The highest BCUT2D eigenvalue weighted by atomic mass is 35.5. The highest BCUT2D eigenvalue weighted by molar-refractivity contribution is 6.30. The van der Waals surface area contributed by atoms with Crippen molar-refractivity contribution in [1.82, 2.24) is 15.6 Å². The summed E-state index contributed by atoms with van der Waals surface area (Å²) in [6, 6.07) is 17.7. The third-order valence-electron chi connectivity index (χ3n) is 4.46. The van der Waals surface area contributed by atoms with Crippen LogP contribution in [-0.4, -0.2) is 24.7 Å². The van der Waals surface area contributed by atoms with Crippen LogP contribution in [0.15, 0.2) is 60.8 Å². The Morgan fingerprint density at radius 3 is 2.59 bits per heavy atom. The van der Waals surface area contributed by atoms with E-state index in [2.05, 4.69) is 27.8 Å². The molecule has 0 radical (unpaired) electrons. The number of hydrogen-bond acceptors (Lipinski definition) is 3. The lowest BCUT2D eigenvalue weighted by atomic mass is 9.98. The van der Waals surface area contributed by atoms with Gasteiger partial charge in [0, 0.05) is 23.3 Å². The van der Waals surface area contributed by atoms with Gasteiger partial charge in [0.25, 0.3) is 0 Å². The maximum atomic E-state index is 11.5. The zero-order valence-electron chi connectivity index (χ0n) is 16.5. The molecule has 3 aromatic rings. The number of carbonyl (C=O) groups is 1. The molecule has 3 rings (SSSR count). The van der Waals surface area contributed by atoms with Gasteiger partial charge in [-0.15, -0.1) is 0 Å². The van der Waals surface area contributed by atoms with E-state index >= 15 is 0 Å². The molecule has 0 atom stereocenters. The number of benzene rings is 2. The molecule has 0 bridgehead atoms. The van der Waals surface area contributed by atoms with Crippen LogP contribution >= 0.6 is 11.6 Å². The second-order valence-electron chi connectivity index (χ2n) is 6.59. The summed E-state index contributed by atoms with van der Waals surface area (Å²) >= 11 is 6.16. The predicted octanol–water partition coefficient (Wildman–Crippen LogP) is 4.82. The van der Waals surface area contributed by atoms with E-state index in [1.807, 2.05) is 55.6 Å². The molecular formula is C23H24ClN3O2. The van der Waals surface area contributed by atoms with Gasteiger partial charge in [-0.2, -0.15) is 0 Å². The van der Waals surface area contributed by atoms with Crippen LogP contribution in [0.3, 0.4) is 0 Å². The van der Waals surface area contributed by atoms with Gasteiger partial charge in [-0.3, -0.25) is 4.98 Å². The lowest BCUT2D eigenvalue weighted by Crippen LogP contribution is -2.34. The molecule has 2 N–H and O–H groups in total. The molecule has 2 amide bonds. The van der Waals surface area contributed by atoms with Gasteiger partial charge in [-0.25, -0.2) is 4.79 Å². The Balaban J connectivity index is 1.73. The number of rotatable bonds is 7. The summed E-state index contributed by atoms with van der Waals surface area (Å²) in [5.74, 6) is 0.806. The molecule has 0 unspecified atom stereocenters. The molecule has 0 saturated heterocycles. The normalized spacial score (nSPS) is 10.4. The van der Waals surface area contributed by atoms with Crippen molar-refractivity contribution < 1.29 is 9.53 Å². The van der Waals surface area contributed by atoms with Crippen LogP contribution in [0, 0.1) is 0 Å². The van der Waals surface area contributed by atoms with Gasteiger partial charge in [-0.1, -0.05) is 35.9 Å². The molecule has 0 fully saturated rings. The van der Waals surface area contributed by atoms with Crippen molar-refractivity contribution in [2.75, 3.05) is 13.7 Å². The minimum absolute atomic E-state index is 0.190. The highest BCUT2D eigenvalue weighted by Gasteiger charge is 2.09. The first-order valence-electron chi connectivity index (χ1n) is 9.47. The maximum absolute atomic E-state index is 11.5. The Hall–Kier alpha value is -3.05. The highest BCUT2D eigenvalue weighted by Crippen LogP contribution is 2.32. The molecule has 5 nitrogen and oxygen atoms in total. The third-order valence-corrected chi connectivity index (χ3v) is 4.70. The van der Waals surface area contributed by atoms with Crippen LogP contribution in [0.25, 0.3) is 11.1 Å². The van der Waals surface area contributed by atoms with Crippen molar-refractivity contribution in [1.29, 1.82) is 0 Å². The summed E-state index contributed by atoms with van der Waals surface area (Å²) in [6.45, 7) is 2.87. The monoisotopic (exact) mass is 409 g/mol. The molecule has 0 saturated carbocycles. The quantitative estimate of drug-likeness (QED) is 0.588. The van der Waals surface area contributed by atoms with E-state index in [4.69, 9.17) is 16.3 Å². The fourth-order valence-corrected chi connectivity index (χ4v) is 3.23. The van der Waals surface area contributed by atoms with Gasteiger partial charge < -0.3 is 15.4 Å². The SMILES string of the molecule is CCNC(=O)NCc1ccc(Cc2ccc(OC)c(-c3cccc(Cl)c3)c2)cn1. The zero-order chi connectivity index (χ0) is 20.6. The van der Waals surface area contributed by atoms with Crippen molar-refractivity contribution >= 4 is 17.6 Å². The number of carbonyl (C=O) groups excluding carboxylic acids is 1. The Kier molecular flexibility index (Phi) is 7.09. The third kappa shape index (κ3) is 5.72. The van der Waals surface area contributed by atoms with Crippen molar-refractivity contribution in [2.45, 2.75) is 19.9 Å². The summed E-state index contributed by atoms with van der Waals surface area (Å²) in [5, 5.41) is 6.16. The molecule has 0 aliphatic heterocycles. The van der Waals surface area contributed by atoms with Crippen molar-refractivity contribution in [3.63, 3.8) is 0 Å². The van der Waals surface area contributed by atoms with Gasteiger partial charge in [0.05, 0.1) is 19.3 Å². The molecule has 150 valence electrons. The zero-order valence-corrected chi connectivity index (χ0v) is 17.3. The largest absolute Gasteiger partial charge is 0.496 e. The molecular weight excluding hydrogens is 386 g/mol. The number of amides is 2. The number of nitrogens with one attached hydrogen (secondary N) is 2. The standard InChI is InChI=1S/C23H24ClN3O2/c1-3-25-23(28)27-15-20-9-7-17(14-26-20)11-16-8-10-22(29-2)21(12-16)18-5-4-6-19(24)13-18/h4-10,12-14H,3,11,15H2,1-2H3,(H2,25,27,28). The van der Waals surface area contributed by atoms with E-state index in [1.165, 1.54) is 0 Å². The van der Waals surface area contributed by atoms with Gasteiger partial charge in [0.2, 0.25) is 0 Å². The van der Waals surface area contributed by atoms with E-state index in [0.717, 1.165) is 40.1 Å². The second-order valence-corrected chi connectivity index (χ2v) is 7.03. The first-order chi connectivity index (χ1) is 14.1. The van der Waals surface area contributed by atoms with E-state index in [0.29, 0.717) is 18.1 Å². The average molecular weight is 410 g/mol. The number of methoxy groups -OCH3 is 1. The van der Waals surface area contributed by atoms with Crippen LogP contribution in [0.5, 0.6) is 5.75 Å². The summed E-state index contributed by atoms with van der Waals surface area (Å²) in [7, 11) is 1.67. The molecule has 29 heavy (non-hydrogen) atoms. The maximum Gasteiger partial charge on any atom is 0.315 e. The van der Waals surface area contributed by atoms with Gasteiger partial charge >= 0.3 is 6.03 Å². The van der Waals surface area contributed by atoms with Crippen molar-refractivity contribution in [3.05, 3.63) is 82.6 Å². The minimum atomic E-state index is -0.190. The van der Waals surface area contributed by atoms with Crippen LogP contribution in [0.2, 0.25) is 5.02 Å². The molecule has 0 spiro atoms. The Labute approximate surface area is 176 Å². The Bertz CT molecular complexity index is 974. The number of halogens is 1. The summed E-state index contributed by atoms with van der Waals surface area (Å²) in [6.07, 6.45) is 2.59. The van der Waals surface area contributed by atoms with Crippen LogP contribution in [0.4, 0.5) is 4.79 Å². The molecule has 0 aliphatic rings. The first kappa shape index (κ1) is 20.7. The number of pyridine rings is 1. The predicted molar refractivity (Wildman–Crippen MR) is 116 cm³/mol. The topological polar surface area (TPSA) is 63.2 Å². The molecule has 6 heteroatoms. The summed E-state index contributed by atoms with van der Waals surface area (Å²) < 4.78 is 5.53. The number of urea groups is 1. The molecule has 0 aliphatic carbocycles. The Morgan fingerprint density at radius 1 is 1.07 bits per heavy atom. The number of aromatic nitrogens is 1. The van der Waals surface area contributed by atoms with E-state index in [1.54, 1.807) is 7.11 Å². The summed E-state index contributed by atoms with van der Waals surface area (Å²) in [4.78, 5) is 15.9. The van der Waals surface area contributed by atoms with E-state index in [9.17, 15) is 4.79 Å². The smallest absolute Gasteiger partial charge is 0.315 e. The van der Waals surface area contributed by atoms with Gasteiger partial charge in [0.15, 0.2) is 0 Å². The van der Waals surface area contributed by atoms with E-state index in [-0.39, 0.29) is 6.03 Å². The summed E-state index contributed by atoms with van der Waals surface area (Å²) in [5.41, 5.74) is 5.07. The fourth-order valence-electron chi connectivity index (χ4n) is 3.04. The molecule has 1 aromatic heterocycles. The molecule has 1 heterocycles. The van der Waals surface area contributed by atoms with Crippen molar-refractivity contribution in [3.8, 4) is 16.9 Å². The Morgan fingerprint density at radius 2 is 1.90 bits per heavy atom. The van der Waals surface area contributed by atoms with Crippen LogP contribution < -0.4 is 15.4 Å². The number of ether oxygens (including phenoxy) is 1. The molecule has 2 aromatic carbocycles.